The van der Waals surface area contributed by atoms with Crippen LogP contribution >= 0.6 is 0 Å². The van der Waals surface area contributed by atoms with Crippen molar-refractivity contribution in [2.24, 2.45) is 0 Å². The number of aromatic nitrogens is 1. The maximum absolute atomic E-state index is 13.5. The smallest absolute Gasteiger partial charge is 0.257 e. The Morgan fingerprint density at radius 3 is 2.35 bits per heavy atom. The maximum Gasteiger partial charge on any atom is 0.257 e. The summed E-state index contributed by atoms with van der Waals surface area (Å²) in [6, 6.07) is 14.4. The minimum atomic E-state index is -3.64. The molecular weight excluding hydrogens is 448 g/mol. The fourth-order valence-electron chi connectivity index (χ4n) is 4.87. The molecule has 2 saturated heterocycles. The number of pyridine rings is 1. The number of fused-ring (bicyclic) bond motifs is 1. The van der Waals surface area contributed by atoms with Gasteiger partial charge < -0.3 is 10.2 Å². The molecule has 8 heteroatoms. The summed E-state index contributed by atoms with van der Waals surface area (Å²) in [4.78, 5) is 20.2. The van der Waals surface area contributed by atoms with E-state index in [1.165, 1.54) is 6.42 Å². The van der Waals surface area contributed by atoms with Crippen LogP contribution in [0.3, 0.4) is 0 Å². The first-order valence-corrected chi connectivity index (χ1v) is 13.5. The predicted molar refractivity (Wildman–Crippen MR) is 135 cm³/mol. The first-order chi connectivity index (χ1) is 16.5. The lowest BCUT2D eigenvalue weighted by atomic mass is 10.1. The molecule has 2 aromatic carbocycles. The van der Waals surface area contributed by atoms with Gasteiger partial charge in [-0.1, -0.05) is 12.5 Å². The van der Waals surface area contributed by atoms with E-state index in [0.29, 0.717) is 24.3 Å². The highest BCUT2D eigenvalue weighted by molar-refractivity contribution is 7.89. The summed E-state index contributed by atoms with van der Waals surface area (Å²) in [5, 5.41) is 3.91. The van der Waals surface area contributed by atoms with E-state index < -0.39 is 10.0 Å². The van der Waals surface area contributed by atoms with Crippen LogP contribution in [0.4, 0.5) is 11.4 Å². The van der Waals surface area contributed by atoms with Crippen LogP contribution in [0.2, 0.25) is 0 Å². The Morgan fingerprint density at radius 1 is 0.853 bits per heavy atom. The van der Waals surface area contributed by atoms with Crippen LogP contribution in [0.1, 0.15) is 48.9 Å². The number of carbonyl (C=O) groups is 1. The minimum Gasteiger partial charge on any atom is -0.371 e. The first kappa shape index (κ1) is 22.8. The molecule has 2 fully saturated rings. The molecule has 0 bridgehead atoms. The molecule has 0 spiro atoms. The highest BCUT2D eigenvalue weighted by Gasteiger charge is 2.28. The summed E-state index contributed by atoms with van der Waals surface area (Å²) in [6.45, 7) is 2.78. The second-order valence-corrected chi connectivity index (χ2v) is 11.0. The molecule has 0 unspecified atom stereocenters. The molecule has 0 atom stereocenters. The van der Waals surface area contributed by atoms with Gasteiger partial charge in [-0.3, -0.25) is 9.78 Å². The highest BCUT2D eigenvalue weighted by atomic mass is 32.2. The van der Waals surface area contributed by atoms with Crippen molar-refractivity contribution in [2.45, 2.75) is 43.4 Å². The van der Waals surface area contributed by atoms with Gasteiger partial charge >= 0.3 is 0 Å². The maximum atomic E-state index is 13.5. The number of hydrogen-bond donors (Lipinski definition) is 1. The zero-order valence-corrected chi connectivity index (χ0v) is 20.1. The molecule has 1 amide bonds. The minimum absolute atomic E-state index is 0.183. The second-order valence-electron chi connectivity index (χ2n) is 9.06. The van der Waals surface area contributed by atoms with Crippen LogP contribution in [-0.4, -0.2) is 49.8 Å². The second kappa shape index (κ2) is 9.72. The van der Waals surface area contributed by atoms with E-state index >= 15 is 0 Å². The number of sulfonamides is 1. The van der Waals surface area contributed by atoms with Gasteiger partial charge in [-0.2, -0.15) is 4.31 Å². The monoisotopic (exact) mass is 478 g/mol. The van der Waals surface area contributed by atoms with Crippen molar-refractivity contribution in [3.63, 3.8) is 0 Å². The highest BCUT2D eigenvalue weighted by Crippen LogP contribution is 2.30. The van der Waals surface area contributed by atoms with Gasteiger partial charge in [-0.25, -0.2) is 8.42 Å². The molecule has 0 radical (unpaired) electrons. The third kappa shape index (κ3) is 4.65. The normalized spacial score (nSPS) is 17.6. The van der Waals surface area contributed by atoms with Gasteiger partial charge in [0.1, 0.15) is 0 Å². The molecule has 3 aromatic rings. The van der Waals surface area contributed by atoms with Crippen LogP contribution in [0, 0.1) is 0 Å². The van der Waals surface area contributed by atoms with E-state index in [0.717, 1.165) is 61.8 Å². The van der Waals surface area contributed by atoms with Gasteiger partial charge in [0.25, 0.3) is 5.91 Å². The average Bonchev–Trinajstić information content (AvgIpc) is 2.89. The Morgan fingerprint density at radius 2 is 1.59 bits per heavy atom. The van der Waals surface area contributed by atoms with E-state index in [4.69, 9.17) is 0 Å². The number of nitrogens with one attached hydrogen (secondary N) is 1. The predicted octanol–water partition coefficient (Wildman–Crippen LogP) is 4.65. The summed E-state index contributed by atoms with van der Waals surface area (Å²) in [5.41, 5.74) is 2.69. The van der Waals surface area contributed by atoms with Crippen molar-refractivity contribution < 1.29 is 13.2 Å². The number of piperidine rings is 2. The van der Waals surface area contributed by atoms with E-state index in [1.54, 1.807) is 28.7 Å². The van der Waals surface area contributed by atoms with Gasteiger partial charge in [0.05, 0.1) is 16.0 Å². The van der Waals surface area contributed by atoms with E-state index in [2.05, 4.69) is 15.2 Å². The van der Waals surface area contributed by atoms with Crippen molar-refractivity contribution in [2.75, 3.05) is 36.4 Å². The molecule has 0 saturated carbocycles. The van der Waals surface area contributed by atoms with Crippen molar-refractivity contribution in [1.82, 2.24) is 9.29 Å². The van der Waals surface area contributed by atoms with Crippen LogP contribution in [0.15, 0.2) is 59.6 Å². The van der Waals surface area contributed by atoms with E-state index in [9.17, 15) is 13.2 Å². The molecule has 2 aliphatic rings. The summed E-state index contributed by atoms with van der Waals surface area (Å²) >= 11 is 0. The largest absolute Gasteiger partial charge is 0.371 e. The molecule has 178 valence electrons. The quantitative estimate of drug-likeness (QED) is 0.577. The summed E-state index contributed by atoms with van der Waals surface area (Å²) in [7, 11) is -3.64. The number of benzene rings is 2. The Bertz CT molecular complexity index is 1300. The Kier molecular flexibility index (Phi) is 6.52. The lowest BCUT2D eigenvalue weighted by Crippen LogP contribution is -2.36. The van der Waals surface area contributed by atoms with Gasteiger partial charge in [0.2, 0.25) is 10.0 Å². The number of carbonyl (C=O) groups excluding carboxylic acids is 1. The number of rotatable bonds is 5. The molecular formula is C26H30N4O3S. The van der Waals surface area contributed by atoms with Crippen molar-refractivity contribution in [1.29, 1.82) is 0 Å². The van der Waals surface area contributed by atoms with Crippen molar-refractivity contribution in [3.05, 3.63) is 60.3 Å². The Balaban J connectivity index is 1.50. The molecule has 3 heterocycles. The van der Waals surface area contributed by atoms with Gasteiger partial charge in [-0.15, -0.1) is 0 Å². The van der Waals surface area contributed by atoms with E-state index in [-0.39, 0.29) is 10.8 Å². The van der Waals surface area contributed by atoms with Crippen LogP contribution in [0.5, 0.6) is 0 Å². The number of anilines is 2. The molecule has 1 N–H and O–H groups in total. The lowest BCUT2D eigenvalue weighted by Gasteiger charge is -2.31. The third-order valence-electron chi connectivity index (χ3n) is 6.72. The first-order valence-electron chi connectivity index (χ1n) is 12.1. The molecule has 5 rings (SSSR count). The van der Waals surface area contributed by atoms with Crippen LogP contribution in [0.25, 0.3) is 10.9 Å². The molecule has 7 nitrogen and oxygen atoms in total. The summed E-state index contributed by atoms with van der Waals surface area (Å²) in [5.74, 6) is -0.306. The zero-order valence-electron chi connectivity index (χ0n) is 19.2. The Labute approximate surface area is 200 Å². The summed E-state index contributed by atoms with van der Waals surface area (Å²) < 4.78 is 28.2. The zero-order chi connectivity index (χ0) is 23.5. The van der Waals surface area contributed by atoms with Gasteiger partial charge in [-0.05, 0) is 74.6 Å². The molecule has 1 aromatic heterocycles. The van der Waals surface area contributed by atoms with Crippen LogP contribution < -0.4 is 10.2 Å². The van der Waals surface area contributed by atoms with Crippen molar-refractivity contribution >= 4 is 38.2 Å². The average molecular weight is 479 g/mol. The fraction of sp³-hybridized carbons (Fsp3) is 0.385. The summed E-state index contributed by atoms with van der Waals surface area (Å²) in [6.07, 6.45) is 7.82. The fourth-order valence-corrected chi connectivity index (χ4v) is 6.42. The van der Waals surface area contributed by atoms with Crippen molar-refractivity contribution in [3.8, 4) is 0 Å². The molecule has 2 aliphatic heterocycles. The lowest BCUT2D eigenvalue weighted by molar-refractivity contribution is 0.102. The Hall–Kier alpha value is -2.97. The molecule has 34 heavy (non-hydrogen) atoms. The topological polar surface area (TPSA) is 82.6 Å². The van der Waals surface area contributed by atoms with E-state index in [1.807, 2.05) is 30.3 Å². The van der Waals surface area contributed by atoms with Gasteiger partial charge in [0.15, 0.2) is 0 Å². The number of hydrogen-bond acceptors (Lipinski definition) is 5. The number of amides is 1. The molecule has 0 aliphatic carbocycles. The third-order valence-corrected chi connectivity index (χ3v) is 8.62. The van der Waals surface area contributed by atoms with Gasteiger partial charge in [0, 0.05) is 49.1 Å². The number of nitrogens with zero attached hydrogens (tertiary/aromatic N) is 3. The SMILES string of the molecule is O=C(Nc1ccc2ncccc2c1)c1cc(S(=O)(=O)N2CCCCC2)ccc1N1CCCCC1. The standard InChI is InChI=1S/C26H30N4O3S/c31-26(28-21-9-11-24-20(18-21)8-7-13-27-24)23-19-22(34(32,33)30-16-5-2-6-17-30)10-12-25(23)29-14-3-1-4-15-29/h7-13,18-19H,1-6,14-17H2,(H,28,31). The van der Waals surface area contributed by atoms with Crippen LogP contribution in [-0.2, 0) is 10.0 Å².